The van der Waals surface area contributed by atoms with E-state index in [4.69, 9.17) is 0 Å². The van der Waals surface area contributed by atoms with E-state index in [0.29, 0.717) is 12.3 Å². The molecule has 0 unspecified atom stereocenters. The van der Waals surface area contributed by atoms with E-state index in [-0.39, 0.29) is 18.1 Å². The van der Waals surface area contributed by atoms with E-state index in [1.807, 2.05) is 19.4 Å². The molecule has 0 amide bonds. The first kappa shape index (κ1) is 12.1. The van der Waals surface area contributed by atoms with Crippen LogP contribution in [-0.2, 0) is 0 Å². The van der Waals surface area contributed by atoms with Gasteiger partial charge in [0.25, 0.3) is 0 Å². The van der Waals surface area contributed by atoms with Crippen LogP contribution in [0.15, 0.2) is 18.6 Å². The molecule has 0 saturated heterocycles. The molecule has 2 saturated carbocycles. The van der Waals surface area contributed by atoms with Crippen molar-refractivity contribution in [2.45, 2.75) is 25.0 Å². The fraction of sp³-hybridized carbons (Fsp3) is 0.571. The van der Waals surface area contributed by atoms with Crippen LogP contribution >= 0.6 is 0 Å². The molecule has 2 aromatic heterocycles. The summed E-state index contributed by atoms with van der Waals surface area (Å²) in [6.07, 6.45) is 4.71. The second-order valence-electron chi connectivity index (χ2n) is 5.95. The molecular formula is C14H18N4O2. The number of imidazole rings is 1. The monoisotopic (exact) mass is 274 g/mol. The van der Waals surface area contributed by atoms with Crippen LogP contribution in [-0.4, -0.2) is 44.5 Å². The summed E-state index contributed by atoms with van der Waals surface area (Å²) in [6.45, 7) is 0.0666. The molecule has 0 aromatic carbocycles. The van der Waals surface area contributed by atoms with Gasteiger partial charge in [0, 0.05) is 24.7 Å². The Morgan fingerprint density at radius 2 is 2.35 bits per heavy atom. The van der Waals surface area contributed by atoms with Crippen LogP contribution in [0.5, 0.6) is 0 Å². The average molecular weight is 274 g/mol. The number of nitrogens with zero attached hydrogens (tertiary/aromatic N) is 3. The quantitative estimate of drug-likeness (QED) is 0.770. The average Bonchev–Trinajstić information content (AvgIpc) is 2.96. The lowest BCUT2D eigenvalue weighted by Gasteiger charge is -2.16. The number of aliphatic hydroxyl groups excluding tert-OH is 2. The Bertz CT molecular complexity index is 670. The first-order valence-corrected chi connectivity index (χ1v) is 6.99. The minimum absolute atomic E-state index is 0.0666. The third-order valence-corrected chi connectivity index (χ3v) is 5.15. The maximum absolute atomic E-state index is 10.2. The molecular weight excluding hydrogens is 256 g/mol. The second kappa shape index (κ2) is 3.93. The summed E-state index contributed by atoms with van der Waals surface area (Å²) >= 11 is 0. The highest BCUT2D eigenvalue weighted by Crippen LogP contribution is 2.67. The zero-order chi connectivity index (χ0) is 13.9. The van der Waals surface area contributed by atoms with Crippen LogP contribution in [0, 0.1) is 11.3 Å². The molecule has 6 heteroatoms. The number of rotatable bonds is 3. The largest absolute Gasteiger partial charge is 0.396 e. The van der Waals surface area contributed by atoms with Crippen molar-refractivity contribution in [3.63, 3.8) is 0 Å². The number of anilines is 1. The van der Waals surface area contributed by atoms with E-state index in [2.05, 4.69) is 19.9 Å². The molecule has 0 radical (unpaired) electrons. The number of aliphatic hydroxyl groups is 2. The van der Waals surface area contributed by atoms with Gasteiger partial charge in [-0.05, 0) is 24.8 Å². The van der Waals surface area contributed by atoms with Crippen molar-refractivity contribution in [3.8, 4) is 0 Å². The third-order valence-electron chi connectivity index (χ3n) is 5.15. The van der Waals surface area contributed by atoms with Gasteiger partial charge >= 0.3 is 0 Å². The van der Waals surface area contributed by atoms with Crippen molar-refractivity contribution in [1.82, 2.24) is 14.5 Å². The Labute approximate surface area is 116 Å². The Hall–Kier alpha value is -1.66. The number of fused-ring (bicyclic) bond motifs is 2. The van der Waals surface area contributed by atoms with Crippen molar-refractivity contribution in [2.75, 3.05) is 19.0 Å². The van der Waals surface area contributed by atoms with Crippen LogP contribution in [0.3, 0.4) is 0 Å². The maximum Gasteiger partial charge on any atom is 0.162 e. The zero-order valence-electron chi connectivity index (χ0n) is 11.3. The Balaban J connectivity index is 1.78. The molecule has 2 fully saturated rings. The van der Waals surface area contributed by atoms with E-state index >= 15 is 0 Å². The van der Waals surface area contributed by atoms with E-state index in [1.54, 1.807) is 6.20 Å². The van der Waals surface area contributed by atoms with Gasteiger partial charge < -0.3 is 20.1 Å². The van der Waals surface area contributed by atoms with Crippen molar-refractivity contribution in [3.05, 3.63) is 18.6 Å². The summed E-state index contributed by atoms with van der Waals surface area (Å²) in [5.41, 5.74) is 2.37. The fourth-order valence-electron chi connectivity index (χ4n) is 3.85. The van der Waals surface area contributed by atoms with Gasteiger partial charge in [-0.2, -0.15) is 0 Å². The fourth-order valence-corrected chi connectivity index (χ4v) is 3.85. The van der Waals surface area contributed by atoms with Gasteiger partial charge in [-0.25, -0.2) is 9.97 Å². The molecule has 3 N–H and O–H groups in total. The SMILES string of the molecule is CNc1ccnc2c1ncn2[C@H]1C[C@H](O)[C@]2(CO)C[C@H]12. The summed E-state index contributed by atoms with van der Waals surface area (Å²) in [5, 5.41) is 22.9. The van der Waals surface area contributed by atoms with Crippen molar-refractivity contribution >= 4 is 16.9 Å². The van der Waals surface area contributed by atoms with E-state index in [1.165, 1.54) is 0 Å². The summed E-state index contributed by atoms with van der Waals surface area (Å²) < 4.78 is 2.06. The molecule has 0 aliphatic heterocycles. The minimum Gasteiger partial charge on any atom is -0.396 e. The Morgan fingerprint density at radius 1 is 1.50 bits per heavy atom. The molecule has 106 valence electrons. The van der Waals surface area contributed by atoms with Crippen molar-refractivity contribution < 1.29 is 10.2 Å². The van der Waals surface area contributed by atoms with Gasteiger partial charge in [0.05, 0.1) is 24.7 Å². The highest BCUT2D eigenvalue weighted by Gasteiger charge is 2.67. The number of aromatic nitrogens is 3. The molecule has 2 aliphatic carbocycles. The van der Waals surface area contributed by atoms with Crippen LogP contribution in [0.2, 0.25) is 0 Å². The topological polar surface area (TPSA) is 83.2 Å². The molecule has 2 heterocycles. The van der Waals surface area contributed by atoms with Crippen molar-refractivity contribution in [1.29, 1.82) is 0 Å². The number of nitrogens with one attached hydrogen (secondary N) is 1. The highest BCUT2D eigenvalue weighted by molar-refractivity contribution is 5.85. The molecule has 20 heavy (non-hydrogen) atoms. The predicted molar refractivity (Wildman–Crippen MR) is 74.4 cm³/mol. The zero-order valence-corrected chi connectivity index (χ0v) is 11.3. The lowest BCUT2D eigenvalue weighted by Crippen LogP contribution is -2.22. The maximum atomic E-state index is 10.2. The number of pyridine rings is 1. The van der Waals surface area contributed by atoms with Gasteiger partial charge in [0.2, 0.25) is 0 Å². The molecule has 4 atom stereocenters. The molecule has 2 aliphatic rings. The van der Waals surface area contributed by atoms with Crippen LogP contribution in [0.25, 0.3) is 11.2 Å². The summed E-state index contributed by atoms with van der Waals surface area (Å²) in [7, 11) is 1.87. The normalized spacial score (nSPS) is 35.2. The molecule has 6 nitrogen and oxygen atoms in total. The smallest absolute Gasteiger partial charge is 0.162 e. The Morgan fingerprint density at radius 3 is 3.00 bits per heavy atom. The standard InChI is InChI=1S/C14H18N4O2/c1-15-9-2-3-16-13-12(9)17-7-18(13)10-4-11(20)14(6-19)5-8(10)14/h2-3,7-8,10-11,19-20H,4-6H2,1H3,(H,15,16)/t8-,10+,11+,14+/m1/s1. The first-order chi connectivity index (χ1) is 9.71. The van der Waals surface area contributed by atoms with E-state index in [0.717, 1.165) is 23.3 Å². The van der Waals surface area contributed by atoms with Gasteiger partial charge in [0.15, 0.2) is 5.65 Å². The van der Waals surface area contributed by atoms with Crippen LogP contribution < -0.4 is 5.32 Å². The molecule has 2 aromatic rings. The number of hydrogen-bond donors (Lipinski definition) is 3. The molecule has 4 rings (SSSR count). The van der Waals surface area contributed by atoms with Gasteiger partial charge in [0.1, 0.15) is 5.52 Å². The highest BCUT2D eigenvalue weighted by atomic mass is 16.3. The third kappa shape index (κ3) is 1.35. The lowest BCUT2D eigenvalue weighted by atomic mass is 10.0. The van der Waals surface area contributed by atoms with Crippen LogP contribution in [0.4, 0.5) is 5.69 Å². The van der Waals surface area contributed by atoms with Crippen molar-refractivity contribution in [2.24, 2.45) is 11.3 Å². The predicted octanol–water partition coefficient (Wildman–Crippen LogP) is 0.777. The summed E-state index contributed by atoms with van der Waals surface area (Å²) in [6, 6.07) is 2.08. The molecule has 0 bridgehead atoms. The Kier molecular flexibility index (Phi) is 2.38. The van der Waals surface area contributed by atoms with Crippen LogP contribution in [0.1, 0.15) is 18.9 Å². The lowest BCUT2D eigenvalue weighted by molar-refractivity contribution is 0.0600. The molecule has 0 spiro atoms. The summed E-state index contributed by atoms with van der Waals surface area (Å²) in [4.78, 5) is 8.89. The summed E-state index contributed by atoms with van der Waals surface area (Å²) in [5.74, 6) is 0.333. The van der Waals surface area contributed by atoms with Gasteiger partial charge in [-0.1, -0.05) is 0 Å². The number of hydrogen-bond acceptors (Lipinski definition) is 5. The minimum atomic E-state index is -0.424. The van der Waals surface area contributed by atoms with E-state index in [9.17, 15) is 10.2 Å². The van der Waals surface area contributed by atoms with Gasteiger partial charge in [-0.15, -0.1) is 0 Å². The first-order valence-electron chi connectivity index (χ1n) is 6.99. The second-order valence-corrected chi connectivity index (χ2v) is 5.95. The van der Waals surface area contributed by atoms with Gasteiger partial charge in [-0.3, -0.25) is 0 Å². The van der Waals surface area contributed by atoms with E-state index < -0.39 is 6.10 Å².